The van der Waals surface area contributed by atoms with Gasteiger partial charge in [0, 0.05) is 30.1 Å². The molecule has 33 heavy (non-hydrogen) atoms. The lowest BCUT2D eigenvalue weighted by Crippen LogP contribution is -2.33. The Kier molecular flexibility index (Phi) is 8.25. The number of amides is 2. The van der Waals surface area contributed by atoms with Gasteiger partial charge >= 0.3 is 0 Å². The molecule has 6 nitrogen and oxygen atoms in total. The number of hydrogen-bond donors (Lipinski definition) is 1. The Labute approximate surface area is 202 Å². The Morgan fingerprint density at radius 1 is 1.24 bits per heavy atom. The zero-order valence-electron chi connectivity index (χ0n) is 19.0. The summed E-state index contributed by atoms with van der Waals surface area (Å²) < 4.78 is 5.79. The van der Waals surface area contributed by atoms with Crippen molar-refractivity contribution in [2.45, 2.75) is 33.4 Å². The molecule has 0 fully saturated rings. The first kappa shape index (κ1) is 24.5. The van der Waals surface area contributed by atoms with Crippen LogP contribution in [-0.2, 0) is 11.4 Å². The van der Waals surface area contributed by atoms with Gasteiger partial charge in [0.05, 0.1) is 21.4 Å². The van der Waals surface area contributed by atoms with Crippen molar-refractivity contribution >= 4 is 46.5 Å². The molecular formula is C25H26ClN3O3S. The number of thiazole rings is 1. The van der Waals surface area contributed by atoms with Crippen molar-refractivity contribution in [1.29, 1.82) is 0 Å². The smallest absolute Gasteiger partial charge is 0.253 e. The molecule has 0 radical (unpaired) electrons. The summed E-state index contributed by atoms with van der Waals surface area (Å²) in [7, 11) is 1.73. The van der Waals surface area contributed by atoms with Crippen LogP contribution in [0.4, 0.5) is 5.69 Å². The largest absolute Gasteiger partial charge is 0.487 e. The first-order valence-corrected chi connectivity index (χ1v) is 11.7. The molecule has 2 amide bonds. The minimum absolute atomic E-state index is 0.0551. The summed E-state index contributed by atoms with van der Waals surface area (Å²) in [6.45, 7) is 6.20. The van der Waals surface area contributed by atoms with E-state index in [-0.39, 0.29) is 17.9 Å². The molecule has 0 aliphatic carbocycles. The summed E-state index contributed by atoms with van der Waals surface area (Å²) in [6.07, 6.45) is 3.10. The summed E-state index contributed by atoms with van der Waals surface area (Å²) in [5.74, 6) is 0.187. The summed E-state index contributed by atoms with van der Waals surface area (Å²) in [4.78, 5) is 31.0. The molecular weight excluding hydrogens is 458 g/mol. The van der Waals surface area contributed by atoms with E-state index < -0.39 is 0 Å². The Balaban J connectivity index is 1.64. The van der Waals surface area contributed by atoms with Gasteiger partial charge in [0.1, 0.15) is 12.4 Å². The van der Waals surface area contributed by atoms with E-state index in [1.807, 2.05) is 50.4 Å². The summed E-state index contributed by atoms with van der Waals surface area (Å²) in [5.41, 5.74) is 2.53. The van der Waals surface area contributed by atoms with Crippen molar-refractivity contribution < 1.29 is 14.3 Å². The number of rotatable bonds is 8. The first-order chi connectivity index (χ1) is 15.7. The zero-order valence-corrected chi connectivity index (χ0v) is 20.5. The van der Waals surface area contributed by atoms with Crippen molar-refractivity contribution in [3.63, 3.8) is 0 Å². The number of aryl methyl sites for hydroxylation is 1. The van der Waals surface area contributed by atoms with Crippen LogP contribution < -0.4 is 10.1 Å². The maximum absolute atomic E-state index is 12.6. The number of benzene rings is 2. The van der Waals surface area contributed by atoms with E-state index in [1.165, 1.54) is 6.08 Å². The quantitative estimate of drug-likeness (QED) is 0.410. The maximum Gasteiger partial charge on any atom is 0.253 e. The SMILES string of the molecule is Cc1nc(COc2cccc(/C=C/C(=O)Nc3cc(C(=O)N(C)C(C)C)ccc3Cl)c2)cs1. The Hall–Kier alpha value is -3.16. The molecule has 1 N–H and O–H groups in total. The lowest BCUT2D eigenvalue weighted by atomic mass is 10.1. The van der Waals surface area contributed by atoms with Gasteiger partial charge in [0.25, 0.3) is 5.91 Å². The zero-order chi connectivity index (χ0) is 24.0. The lowest BCUT2D eigenvalue weighted by molar-refractivity contribution is -0.111. The highest BCUT2D eigenvalue weighted by molar-refractivity contribution is 7.09. The van der Waals surface area contributed by atoms with Gasteiger partial charge in [-0.05, 0) is 62.7 Å². The van der Waals surface area contributed by atoms with Crippen LogP contribution in [0.25, 0.3) is 6.08 Å². The van der Waals surface area contributed by atoms with Crippen molar-refractivity contribution in [2.24, 2.45) is 0 Å². The number of carbonyl (C=O) groups is 2. The van der Waals surface area contributed by atoms with Crippen LogP contribution in [0.3, 0.4) is 0 Å². The van der Waals surface area contributed by atoms with E-state index in [4.69, 9.17) is 16.3 Å². The van der Waals surface area contributed by atoms with Gasteiger partial charge in [-0.3, -0.25) is 9.59 Å². The highest BCUT2D eigenvalue weighted by atomic mass is 35.5. The van der Waals surface area contributed by atoms with Crippen molar-refractivity contribution in [2.75, 3.05) is 12.4 Å². The summed E-state index contributed by atoms with van der Waals surface area (Å²) >= 11 is 7.81. The third kappa shape index (κ3) is 6.91. The second-order valence-corrected chi connectivity index (χ2v) is 9.22. The maximum atomic E-state index is 12.6. The van der Waals surface area contributed by atoms with Crippen LogP contribution in [0.15, 0.2) is 53.9 Å². The number of nitrogens with zero attached hydrogens (tertiary/aromatic N) is 2. The van der Waals surface area contributed by atoms with E-state index in [1.54, 1.807) is 47.6 Å². The molecule has 0 atom stereocenters. The Morgan fingerprint density at radius 3 is 2.73 bits per heavy atom. The van der Waals surface area contributed by atoms with Gasteiger partial charge in [-0.2, -0.15) is 0 Å². The summed E-state index contributed by atoms with van der Waals surface area (Å²) in [6, 6.07) is 12.3. The van der Waals surface area contributed by atoms with Crippen LogP contribution in [0, 0.1) is 6.92 Å². The van der Waals surface area contributed by atoms with Gasteiger partial charge in [-0.25, -0.2) is 4.98 Å². The number of nitrogens with one attached hydrogen (secondary N) is 1. The van der Waals surface area contributed by atoms with Crippen molar-refractivity contribution in [3.8, 4) is 5.75 Å². The molecule has 0 aliphatic heterocycles. The van der Waals surface area contributed by atoms with Crippen LogP contribution in [-0.4, -0.2) is 34.8 Å². The van der Waals surface area contributed by atoms with Crippen molar-refractivity contribution in [1.82, 2.24) is 9.88 Å². The minimum atomic E-state index is -0.358. The molecule has 8 heteroatoms. The highest BCUT2D eigenvalue weighted by Crippen LogP contribution is 2.24. The second-order valence-electron chi connectivity index (χ2n) is 7.75. The number of anilines is 1. The fourth-order valence-corrected chi connectivity index (χ4v) is 3.64. The van der Waals surface area contributed by atoms with E-state index >= 15 is 0 Å². The number of aromatic nitrogens is 1. The predicted molar refractivity (Wildman–Crippen MR) is 134 cm³/mol. The fraction of sp³-hybridized carbons (Fsp3) is 0.240. The molecule has 0 saturated carbocycles. The molecule has 0 unspecified atom stereocenters. The van der Waals surface area contributed by atoms with Crippen LogP contribution in [0.2, 0.25) is 5.02 Å². The van der Waals surface area contributed by atoms with E-state index in [9.17, 15) is 9.59 Å². The molecule has 2 aromatic carbocycles. The molecule has 1 aromatic heterocycles. The van der Waals surface area contributed by atoms with E-state index in [0.717, 1.165) is 16.3 Å². The number of ether oxygens (including phenoxy) is 1. The van der Waals surface area contributed by atoms with E-state index in [2.05, 4.69) is 10.3 Å². The topological polar surface area (TPSA) is 71.5 Å². The minimum Gasteiger partial charge on any atom is -0.487 e. The van der Waals surface area contributed by atoms with E-state index in [0.29, 0.717) is 28.6 Å². The monoisotopic (exact) mass is 483 g/mol. The molecule has 0 saturated heterocycles. The number of hydrogen-bond acceptors (Lipinski definition) is 5. The number of carbonyl (C=O) groups excluding carboxylic acids is 2. The van der Waals surface area contributed by atoms with Crippen LogP contribution in [0.5, 0.6) is 5.75 Å². The lowest BCUT2D eigenvalue weighted by Gasteiger charge is -2.21. The Morgan fingerprint density at radius 2 is 2.03 bits per heavy atom. The molecule has 3 rings (SSSR count). The van der Waals surface area contributed by atoms with Crippen molar-refractivity contribution in [3.05, 3.63) is 80.8 Å². The molecule has 3 aromatic rings. The van der Waals surface area contributed by atoms with Gasteiger partial charge in [0.15, 0.2) is 0 Å². The summed E-state index contributed by atoms with van der Waals surface area (Å²) in [5, 5.41) is 6.06. The fourth-order valence-electron chi connectivity index (χ4n) is 2.88. The molecule has 0 bridgehead atoms. The number of halogens is 1. The van der Waals surface area contributed by atoms with Crippen LogP contribution >= 0.6 is 22.9 Å². The molecule has 172 valence electrons. The van der Waals surface area contributed by atoms with Gasteiger partial charge in [-0.1, -0.05) is 23.7 Å². The van der Waals surface area contributed by atoms with Crippen LogP contribution in [0.1, 0.15) is 40.5 Å². The average molecular weight is 484 g/mol. The predicted octanol–water partition coefficient (Wildman–Crippen LogP) is 5.82. The molecule has 0 spiro atoms. The molecule has 1 heterocycles. The molecule has 0 aliphatic rings. The third-order valence-electron chi connectivity index (χ3n) is 4.90. The average Bonchev–Trinajstić information content (AvgIpc) is 3.22. The standard InChI is InChI=1S/C25H26ClN3O3S/c1-16(2)29(4)25(31)19-9-10-22(26)23(13-19)28-24(30)11-8-18-6-5-7-21(12-18)32-14-20-15-33-17(3)27-20/h5-13,15-16H,14H2,1-4H3,(H,28,30)/b11-8+. The van der Waals surface area contributed by atoms with Gasteiger partial charge < -0.3 is 15.0 Å². The normalized spacial score (nSPS) is 11.1. The first-order valence-electron chi connectivity index (χ1n) is 10.4. The van der Waals surface area contributed by atoms with Gasteiger partial charge in [-0.15, -0.1) is 11.3 Å². The Bertz CT molecular complexity index is 1170. The third-order valence-corrected chi connectivity index (χ3v) is 6.06. The highest BCUT2D eigenvalue weighted by Gasteiger charge is 2.16. The second kappa shape index (κ2) is 11.1. The van der Waals surface area contributed by atoms with Gasteiger partial charge in [0.2, 0.25) is 5.91 Å².